The number of non-ortho nitro benzene ring substituents is 1. The Labute approximate surface area is 193 Å². The summed E-state index contributed by atoms with van der Waals surface area (Å²) >= 11 is 3.48. The fourth-order valence-electron chi connectivity index (χ4n) is 2.94. The lowest BCUT2D eigenvalue weighted by Crippen LogP contribution is -1.99. The van der Waals surface area contributed by atoms with E-state index in [9.17, 15) is 15.4 Å². The summed E-state index contributed by atoms with van der Waals surface area (Å²) in [5.41, 5.74) is 2.98. The molecule has 0 saturated carbocycles. The lowest BCUT2D eigenvalue weighted by molar-refractivity contribution is -0.384. The van der Waals surface area contributed by atoms with Gasteiger partial charge in [-0.05, 0) is 75.1 Å². The van der Waals surface area contributed by atoms with Crippen molar-refractivity contribution in [2.24, 2.45) is 0 Å². The first kappa shape index (κ1) is 22.5. The van der Waals surface area contributed by atoms with Crippen molar-refractivity contribution in [2.45, 2.75) is 6.61 Å². The zero-order valence-electron chi connectivity index (χ0n) is 16.9. The summed E-state index contributed by atoms with van der Waals surface area (Å²) < 4.78 is 12.0. The zero-order chi connectivity index (χ0) is 23.1. The Morgan fingerprint density at radius 3 is 2.53 bits per heavy atom. The standard InChI is InChI=1S/C24H16BrN3O4/c1-31-23-12-18(10-20(14-27)19-4-2-3-17(9-19)13-26)11-22(25)24(23)32-15-16-5-7-21(8-6-16)28(29)30/h2-12H,15H2,1H3/b20-10+. The number of hydrogen-bond donors (Lipinski definition) is 0. The molecule has 0 atom stereocenters. The van der Waals surface area contributed by atoms with Crippen LogP contribution in [0, 0.1) is 32.8 Å². The molecule has 0 radical (unpaired) electrons. The topological polar surface area (TPSA) is 109 Å². The summed E-state index contributed by atoms with van der Waals surface area (Å²) in [6, 6.07) is 20.7. The number of benzene rings is 3. The predicted octanol–water partition coefficient (Wildman–Crippen LogP) is 5.88. The monoisotopic (exact) mass is 489 g/mol. The first-order valence-electron chi connectivity index (χ1n) is 9.31. The molecule has 0 N–H and O–H groups in total. The summed E-state index contributed by atoms with van der Waals surface area (Å²) in [4.78, 5) is 10.3. The van der Waals surface area contributed by atoms with Crippen LogP contribution in [0.2, 0.25) is 0 Å². The average Bonchev–Trinajstić information content (AvgIpc) is 2.81. The summed E-state index contributed by atoms with van der Waals surface area (Å²) in [6.45, 7) is 0.187. The van der Waals surface area contributed by atoms with Gasteiger partial charge in [-0.1, -0.05) is 12.1 Å². The van der Waals surface area contributed by atoms with Crippen molar-refractivity contribution < 1.29 is 14.4 Å². The molecule has 7 nitrogen and oxygen atoms in total. The Kier molecular flexibility index (Phi) is 7.22. The van der Waals surface area contributed by atoms with Crippen molar-refractivity contribution in [3.05, 3.63) is 97.5 Å². The van der Waals surface area contributed by atoms with E-state index >= 15 is 0 Å². The minimum atomic E-state index is -0.456. The summed E-state index contributed by atoms with van der Waals surface area (Å²) in [5, 5.41) is 29.5. The number of nitro groups is 1. The molecule has 158 valence electrons. The van der Waals surface area contributed by atoms with Crippen LogP contribution >= 0.6 is 15.9 Å². The fourth-order valence-corrected chi connectivity index (χ4v) is 3.51. The van der Waals surface area contributed by atoms with Crippen molar-refractivity contribution in [2.75, 3.05) is 7.11 Å². The highest BCUT2D eigenvalue weighted by Crippen LogP contribution is 2.38. The number of methoxy groups -OCH3 is 1. The predicted molar refractivity (Wildman–Crippen MR) is 123 cm³/mol. The van der Waals surface area contributed by atoms with E-state index in [1.807, 2.05) is 0 Å². The molecule has 0 aliphatic heterocycles. The molecule has 0 unspecified atom stereocenters. The SMILES string of the molecule is COc1cc(/C=C(\C#N)c2cccc(C#N)c2)cc(Br)c1OCc1ccc([N+](=O)[O-])cc1. The number of ether oxygens (including phenoxy) is 2. The lowest BCUT2D eigenvalue weighted by atomic mass is 10.0. The van der Waals surface area contributed by atoms with Crippen LogP contribution in [0.1, 0.15) is 22.3 Å². The maximum Gasteiger partial charge on any atom is 0.269 e. The number of hydrogen-bond acceptors (Lipinski definition) is 6. The van der Waals surface area contributed by atoms with Gasteiger partial charge in [0.2, 0.25) is 0 Å². The smallest absolute Gasteiger partial charge is 0.269 e. The summed E-state index contributed by atoms with van der Waals surface area (Å²) in [5.74, 6) is 0.920. The van der Waals surface area contributed by atoms with Crippen molar-refractivity contribution in [1.82, 2.24) is 0 Å². The molecule has 0 aromatic heterocycles. The van der Waals surface area contributed by atoms with Crippen LogP contribution in [0.3, 0.4) is 0 Å². The zero-order valence-corrected chi connectivity index (χ0v) is 18.5. The molecule has 3 aromatic rings. The second-order valence-electron chi connectivity index (χ2n) is 6.61. The van der Waals surface area contributed by atoms with Gasteiger partial charge in [0.1, 0.15) is 6.61 Å². The molecular formula is C24H16BrN3O4. The fraction of sp³-hybridized carbons (Fsp3) is 0.0833. The van der Waals surface area contributed by atoms with Crippen LogP contribution in [0.15, 0.2) is 65.1 Å². The molecule has 0 fully saturated rings. The van der Waals surface area contributed by atoms with Gasteiger partial charge in [0.05, 0.1) is 39.8 Å². The van der Waals surface area contributed by atoms with Gasteiger partial charge in [-0.15, -0.1) is 0 Å². The molecule has 0 saturated heterocycles. The largest absolute Gasteiger partial charge is 0.493 e. The van der Waals surface area contributed by atoms with Gasteiger partial charge in [-0.2, -0.15) is 10.5 Å². The van der Waals surface area contributed by atoms with E-state index in [4.69, 9.17) is 14.7 Å². The van der Waals surface area contributed by atoms with E-state index in [2.05, 4.69) is 28.1 Å². The maximum absolute atomic E-state index is 10.8. The Hall–Kier alpha value is -4.14. The maximum atomic E-state index is 10.8. The van der Waals surface area contributed by atoms with E-state index in [1.54, 1.807) is 54.6 Å². The van der Waals surface area contributed by atoms with Crippen LogP contribution < -0.4 is 9.47 Å². The third-order valence-electron chi connectivity index (χ3n) is 4.52. The van der Waals surface area contributed by atoms with Crippen molar-refractivity contribution in [3.63, 3.8) is 0 Å². The Bertz CT molecular complexity index is 1270. The summed E-state index contributed by atoms with van der Waals surface area (Å²) in [7, 11) is 1.51. The third-order valence-corrected chi connectivity index (χ3v) is 5.11. The van der Waals surface area contributed by atoms with Crippen LogP contribution in [-0.4, -0.2) is 12.0 Å². The summed E-state index contributed by atoms with van der Waals surface area (Å²) in [6.07, 6.45) is 1.70. The van der Waals surface area contributed by atoms with Crippen LogP contribution in [0.5, 0.6) is 11.5 Å². The molecule has 0 aliphatic carbocycles. The molecule has 0 aliphatic rings. The van der Waals surface area contributed by atoms with Gasteiger partial charge < -0.3 is 9.47 Å². The molecule has 0 heterocycles. The normalized spacial score (nSPS) is 10.7. The van der Waals surface area contributed by atoms with Gasteiger partial charge in [-0.25, -0.2) is 0 Å². The molecule has 32 heavy (non-hydrogen) atoms. The molecule has 8 heteroatoms. The molecule has 3 rings (SSSR count). The first-order valence-corrected chi connectivity index (χ1v) is 10.1. The van der Waals surface area contributed by atoms with E-state index in [0.717, 1.165) is 5.56 Å². The molecule has 0 amide bonds. The number of nitrogens with zero attached hydrogens (tertiary/aromatic N) is 3. The number of halogens is 1. The number of allylic oxidation sites excluding steroid dienone is 1. The molecule has 0 spiro atoms. The average molecular weight is 490 g/mol. The second kappa shape index (κ2) is 10.3. The van der Waals surface area contributed by atoms with Crippen LogP contribution in [0.4, 0.5) is 5.69 Å². The number of rotatable bonds is 7. The van der Waals surface area contributed by atoms with Crippen molar-refractivity contribution in [3.8, 4) is 23.6 Å². The number of nitriles is 2. The molecule has 0 bridgehead atoms. The lowest BCUT2D eigenvalue weighted by Gasteiger charge is -2.14. The third kappa shape index (κ3) is 5.31. The van der Waals surface area contributed by atoms with E-state index < -0.39 is 4.92 Å². The van der Waals surface area contributed by atoms with E-state index in [1.165, 1.54) is 19.2 Å². The minimum absolute atomic E-state index is 0.0113. The highest BCUT2D eigenvalue weighted by molar-refractivity contribution is 9.10. The van der Waals surface area contributed by atoms with E-state index in [-0.39, 0.29) is 12.3 Å². The highest BCUT2D eigenvalue weighted by atomic mass is 79.9. The first-order chi connectivity index (χ1) is 15.4. The highest BCUT2D eigenvalue weighted by Gasteiger charge is 2.13. The Balaban J connectivity index is 1.87. The van der Waals surface area contributed by atoms with Gasteiger partial charge in [0.15, 0.2) is 11.5 Å². The van der Waals surface area contributed by atoms with Gasteiger partial charge >= 0.3 is 0 Å². The minimum Gasteiger partial charge on any atom is -0.493 e. The van der Waals surface area contributed by atoms with E-state index in [0.29, 0.717) is 38.2 Å². The Morgan fingerprint density at radius 2 is 1.91 bits per heavy atom. The van der Waals surface area contributed by atoms with Crippen LogP contribution in [0.25, 0.3) is 11.6 Å². The van der Waals surface area contributed by atoms with Crippen molar-refractivity contribution >= 4 is 33.3 Å². The molecule has 3 aromatic carbocycles. The van der Waals surface area contributed by atoms with Crippen molar-refractivity contribution in [1.29, 1.82) is 10.5 Å². The quantitative estimate of drug-likeness (QED) is 0.177. The van der Waals surface area contributed by atoms with Crippen LogP contribution in [-0.2, 0) is 6.61 Å². The molecular weight excluding hydrogens is 474 g/mol. The Morgan fingerprint density at radius 1 is 1.16 bits per heavy atom. The van der Waals surface area contributed by atoms with Gasteiger partial charge in [-0.3, -0.25) is 10.1 Å². The van der Waals surface area contributed by atoms with Gasteiger partial charge in [0.25, 0.3) is 5.69 Å². The van der Waals surface area contributed by atoms with Gasteiger partial charge in [0, 0.05) is 12.1 Å². The number of nitro benzene ring substituents is 1. The second-order valence-corrected chi connectivity index (χ2v) is 7.46.